The molecule has 0 bridgehead atoms. The van der Waals surface area contributed by atoms with E-state index in [1.807, 2.05) is 0 Å². The number of rotatable bonds is 4. The molecule has 0 spiro atoms. The molecule has 104 valence electrons. The van der Waals surface area contributed by atoms with Crippen molar-refractivity contribution in [2.24, 2.45) is 0 Å². The molecule has 0 aromatic heterocycles. The fourth-order valence-electron chi connectivity index (χ4n) is 1.91. The summed E-state index contributed by atoms with van der Waals surface area (Å²) < 4.78 is 5.28. The molecule has 1 rings (SSSR count). The monoisotopic (exact) mass is 250 g/mol. The van der Waals surface area contributed by atoms with Crippen LogP contribution in [0.1, 0.15) is 65.0 Å². The highest BCUT2D eigenvalue weighted by Crippen LogP contribution is 2.33. The smallest absolute Gasteiger partial charge is 0.121 e. The van der Waals surface area contributed by atoms with E-state index in [-0.39, 0.29) is 0 Å². The van der Waals surface area contributed by atoms with E-state index in [9.17, 15) is 0 Å². The van der Waals surface area contributed by atoms with Crippen LogP contribution in [0.25, 0.3) is 0 Å². The van der Waals surface area contributed by atoms with Crippen LogP contribution >= 0.6 is 0 Å². The maximum Gasteiger partial charge on any atom is 0.121 e. The molecule has 0 unspecified atom stereocenters. The topological polar surface area (TPSA) is 9.23 Å². The van der Waals surface area contributed by atoms with Gasteiger partial charge in [0.25, 0.3) is 0 Å². The van der Waals surface area contributed by atoms with Crippen LogP contribution in [-0.4, -0.2) is 7.11 Å². The molecular weight excluding hydrogens is 220 g/mol. The van der Waals surface area contributed by atoms with E-state index in [1.165, 1.54) is 30.4 Å². The van der Waals surface area contributed by atoms with Crippen molar-refractivity contribution in [3.05, 3.63) is 29.3 Å². The molecule has 0 fully saturated rings. The maximum atomic E-state index is 5.28. The van der Waals surface area contributed by atoms with Crippen molar-refractivity contribution in [3.63, 3.8) is 0 Å². The third-order valence-corrected chi connectivity index (χ3v) is 3.65. The van der Waals surface area contributed by atoms with Crippen LogP contribution < -0.4 is 4.74 Å². The first kappa shape index (κ1) is 17.0. The molecule has 0 heterocycles. The van der Waals surface area contributed by atoms with Gasteiger partial charge in [-0.05, 0) is 42.4 Å². The standard InChI is InChI=1S/C14H22O.C3H8/c1-6-14(4,7-2)12-8-9-13(15-5)11(3)10-12;1-3-2/h8-10H,6-7H2,1-5H3;3H2,1-2H3. The Kier molecular flexibility index (Phi) is 7.73. The van der Waals surface area contributed by atoms with E-state index in [0.717, 1.165) is 5.75 Å². The molecule has 0 aliphatic heterocycles. The first-order chi connectivity index (χ1) is 8.48. The van der Waals surface area contributed by atoms with E-state index in [2.05, 4.69) is 59.7 Å². The number of methoxy groups -OCH3 is 1. The fourth-order valence-corrected chi connectivity index (χ4v) is 1.91. The summed E-state index contributed by atoms with van der Waals surface area (Å²) in [6.07, 6.45) is 3.60. The molecule has 0 atom stereocenters. The van der Waals surface area contributed by atoms with Gasteiger partial charge >= 0.3 is 0 Å². The van der Waals surface area contributed by atoms with E-state index in [1.54, 1.807) is 7.11 Å². The van der Waals surface area contributed by atoms with Crippen molar-refractivity contribution in [2.45, 2.75) is 66.2 Å². The summed E-state index contributed by atoms with van der Waals surface area (Å²) in [7, 11) is 1.72. The van der Waals surface area contributed by atoms with E-state index in [0.29, 0.717) is 5.41 Å². The minimum absolute atomic E-state index is 0.303. The average Bonchev–Trinajstić information content (AvgIpc) is 2.38. The van der Waals surface area contributed by atoms with Crippen LogP contribution in [0, 0.1) is 6.92 Å². The van der Waals surface area contributed by atoms with Crippen LogP contribution in [0.15, 0.2) is 18.2 Å². The summed E-state index contributed by atoms with van der Waals surface area (Å²) >= 11 is 0. The highest BCUT2D eigenvalue weighted by molar-refractivity contribution is 5.39. The lowest BCUT2D eigenvalue weighted by Gasteiger charge is -2.28. The molecule has 0 N–H and O–H groups in total. The van der Waals surface area contributed by atoms with Gasteiger partial charge in [-0.3, -0.25) is 0 Å². The van der Waals surface area contributed by atoms with E-state index in [4.69, 9.17) is 4.74 Å². The van der Waals surface area contributed by atoms with Gasteiger partial charge in [0.15, 0.2) is 0 Å². The van der Waals surface area contributed by atoms with E-state index < -0.39 is 0 Å². The molecular formula is C17H30O. The Morgan fingerprint density at radius 3 is 1.89 bits per heavy atom. The third-order valence-electron chi connectivity index (χ3n) is 3.65. The lowest BCUT2D eigenvalue weighted by Crippen LogP contribution is -2.19. The second-order valence-corrected chi connectivity index (χ2v) is 5.16. The molecule has 0 aliphatic rings. The number of benzene rings is 1. The van der Waals surface area contributed by atoms with Gasteiger partial charge in [-0.15, -0.1) is 0 Å². The highest BCUT2D eigenvalue weighted by atomic mass is 16.5. The van der Waals surface area contributed by atoms with Gasteiger partial charge in [0, 0.05) is 0 Å². The Balaban J connectivity index is 0.000000873. The van der Waals surface area contributed by atoms with Crippen molar-refractivity contribution in [3.8, 4) is 5.75 Å². The first-order valence-corrected chi connectivity index (χ1v) is 7.14. The second kappa shape index (κ2) is 8.18. The van der Waals surface area contributed by atoms with Crippen molar-refractivity contribution in [2.75, 3.05) is 7.11 Å². The van der Waals surface area contributed by atoms with Crippen LogP contribution in [0.3, 0.4) is 0 Å². The normalized spacial score (nSPS) is 10.6. The predicted octanol–water partition coefficient (Wildman–Crippen LogP) is 5.50. The lowest BCUT2D eigenvalue weighted by atomic mass is 9.77. The van der Waals surface area contributed by atoms with E-state index >= 15 is 0 Å². The predicted molar refractivity (Wildman–Crippen MR) is 81.6 cm³/mol. The molecule has 0 radical (unpaired) electrons. The molecule has 1 aromatic carbocycles. The Morgan fingerprint density at radius 2 is 1.56 bits per heavy atom. The average molecular weight is 250 g/mol. The Hall–Kier alpha value is -0.980. The molecule has 18 heavy (non-hydrogen) atoms. The zero-order valence-corrected chi connectivity index (χ0v) is 13.3. The number of hydrogen-bond acceptors (Lipinski definition) is 1. The highest BCUT2D eigenvalue weighted by Gasteiger charge is 2.22. The molecule has 0 amide bonds. The summed E-state index contributed by atoms with van der Waals surface area (Å²) in [5.74, 6) is 0.980. The zero-order chi connectivity index (χ0) is 14.2. The largest absolute Gasteiger partial charge is 0.496 e. The maximum absolute atomic E-state index is 5.28. The number of hydrogen-bond donors (Lipinski definition) is 0. The van der Waals surface area contributed by atoms with Gasteiger partial charge < -0.3 is 4.74 Å². The van der Waals surface area contributed by atoms with Gasteiger partial charge in [-0.1, -0.05) is 53.2 Å². The molecule has 1 nitrogen and oxygen atoms in total. The van der Waals surface area contributed by atoms with Crippen LogP contribution in [0.2, 0.25) is 0 Å². The van der Waals surface area contributed by atoms with Crippen molar-refractivity contribution >= 4 is 0 Å². The molecule has 1 aromatic rings. The SMILES string of the molecule is CCC.CCC(C)(CC)c1ccc(OC)c(C)c1. The van der Waals surface area contributed by atoms with Crippen LogP contribution in [-0.2, 0) is 5.41 Å². The van der Waals surface area contributed by atoms with Gasteiger partial charge in [-0.2, -0.15) is 0 Å². The molecule has 0 saturated heterocycles. The van der Waals surface area contributed by atoms with Crippen molar-refractivity contribution < 1.29 is 4.74 Å². The number of aryl methyl sites for hydroxylation is 1. The Labute approximate surface area is 114 Å². The quantitative estimate of drug-likeness (QED) is 0.686. The first-order valence-electron chi connectivity index (χ1n) is 7.14. The lowest BCUT2D eigenvalue weighted by molar-refractivity contribution is 0.408. The summed E-state index contributed by atoms with van der Waals surface area (Å²) in [4.78, 5) is 0. The van der Waals surface area contributed by atoms with Crippen molar-refractivity contribution in [1.82, 2.24) is 0 Å². The van der Waals surface area contributed by atoms with Crippen LogP contribution in [0.5, 0.6) is 5.75 Å². The Morgan fingerprint density at radius 1 is 1.06 bits per heavy atom. The second-order valence-electron chi connectivity index (χ2n) is 5.16. The Bertz CT molecular complexity index is 337. The minimum Gasteiger partial charge on any atom is -0.496 e. The zero-order valence-electron chi connectivity index (χ0n) is 13.3. The summed E-state index contributed by atoms with van der Waals surface area (Å²) in [6, 6.07) is 6.53. The molecule has 1 heteroatoms. The number of ether oxygens (including phenoxy) is 1. The van der Waals surface area contributed by atoms with Gasteiger partial charge in [0.2, 0.25) is 0 Å². The summed E-state index contributed by atoms with van der Waals surface area (Å²) in [5.41, 5.74) is 2.95. The van der Waals surface area contributed by atoms with Gasteiger partial charge in [0.05, 0.1) is 7.11 Å². The fraction of sp³-hybridized carbons (Fsp3) is 0.647. The van der Waals surface area contributed by atoms with Crippen molar-refractivity contribution in [1.29, 1.82) is 0 Å². The third kappa shape index (κ3) is 4.36. The molecule has 0 saturated carbocycles. The summed E-state index contributed by atoms with van der Waals surface area (Å²) in [5, 5.41) is 0. The van der Waals surface area contributed by atoms with Crippen LogP contribution in [0.4, 0.5) is 0 Å². The molecule has 0 aliphatic carbocycles. The van der Waals surface area contributed by atoms with Gasteiger partial charge in [-0.25, -0.2) is 0 Å². The van der Waals surface area contributed by atoms with Gasteiger partial charge in [0.1, 0.15) is 5.75 Å². The minimum atomic E-state index is 0.303. The summed E-state index contributed by atoms with van der Waals surface area (Å²) in [6.45, 7) is 13.2.